The molecule has 0 heterocycles. The summed E-state index contributed by atoms with van der Waals surface area (Å²) in [7, 11) is 0. The highest BCUT2D eigenvalue weighted by atomic mass is 32.2. The zero-order valence-electron chi connectivity index (χ0n) is 9.57. The quantitative estimate of drug-likeness (QED) is 0.427. The largest absolute Gasteiger partial charge is 0.375 e. The predicted octanol–water partition coefficient (Wildman–Crippen LogP) is 1.86. The van der Waals surface area contributed by atoms with Gasteiger partial charge in [-0.05, 0) is 42.4 Å². The van der Waals surface area contributed by atoms with Gasteiger partial charge in [-0.15, -0.1) is 0 Å². The Morgan fingerprint density at radius 2 is 2.47 bits per heavy atom. The van der Waals surface area contributed by atoms with Gasteiger partial charge in [-0.1, -0.05) is 13.0 Å². The second kappa shape index (κ2) is 4.89. The Morgan fingerprint density at radius 3 is 3.20 bits per heavy atom. The second-order valence-electron chi connectivity index (χ2n) is 4.77. The van der Waals surface area contributed by atoms with Crippen molar-refractivity contribution in [2.75, 3.05) is 18.6 Å². The molecular formula is C12H21NOS. The van der Waals surface area contributed by atoms with E-state index in [4.69, 9.17) is 0 Å². The standard InChI is InChI=1S/C12H21NOS/c1-8-3-4-9(11-7-10(8)11)12(14)13-5-6-15-2/h4,8,10-14H,3,5-7H2,1-2H3/t8-,10?,11+,12?/m0/s1. The molecule has 1 fully saturated rings. The van der Waals surface area contributed by atoms with Crippen molar-refractivity contribution in [1.29, 1.82) is 0 Å². The van der Waals surface area contributed by atoms with Crippen LogP contribution in [0.2, 0.25) is 0 Å². The molecule has 2 aliphatic rings. The number of fused-ring (bicyclic) bond motifs is 1. The first-order valence-electron chi connectivity index (χ1n) is 5.84. The van der Waals surface area contributed by atoms with Crippen LogP contribution in [0.4, 0.5) is 0 Å². The molecule has 0 aliphatic heterocycles. The summed E-state index contributed by atoms with van der Waals surface area (Å²) in [4.78, 5) is 0. The maximum absolute atomic E-state index is 10.00. The Bertz CT molecular complexity index is 254. The van der Waals surface area contributed by atoms with Crippen molar-refractivity contribution in [3.05, 3.63) is 11.6 Å². The number of hydrogen-bond donors (Lipinski definition) is 2. The number of thioether (sulfide) groups is 1. The maximum Gasteiger partial charge on any atom is 0.127 e. The number of rotatable bonds is 5. The maximum atomic E-state index is 10.00. The minimum Gasteiger partial charge on any atom is -0.375 e. The molecular weight excluding hydrogens is 206 g/mol. The summed E-state index contributed by atoms with van der Waals surface area (Å²) in [5, 5.41) is 13.2. The van der Waals surface area contributed by atoms with E-state index in [-0.39, 0.29) is 6.23 Å². The molecule has 0 aromatic rings. The third kappa shape index (κ3) is 2.58. The van der Waals surface area contributed by atoms with E-state index in [1.807, 2.05) is 11.8 Å². The van der Waals surface area contributed by atoms with Crippen LogP contribution in [-0.4, -0.2) is 29.9 Å². The lowest BCUT2D eigenvalue weighted by Gasteiger charge is -2.22. The van der Waals surface area contributed by atoms with Crippen LogP contribution in [0.25, 0.3) is 0 Å². The topological polar surface area (TPSA) is 32.3 Å². The van der Waals surface area contributed by atoms with Crippen LogP contribution in [0.15, 0.2) is 11.6 Å². The van der Waals surface area contributed by atoms with Crippen LogP contribution in [-0.2, 0) is 0 Å². The Labute approximate surface area is 96.5 Å². The van der Waals surface area contributed by atoms with E-state index in [0.29, 0.717) is 5.92 Å². The highest BCUT2D eigenvalue weighted by molar-refractivity contribution is 7.98. The Hall–Kier alpha value is 0.0100. The number of allylic oxidation sites excluding steroid dienone is 1. The smallest absolute Gasteiger partial charge is 0.127 e. The molecule has 0 bridgehead atoms. The van der Waals surface area contributed by atoms with Gasteiger partial charge in [-0.2, -0.15) is 11.8 Å². The molecule has 0 aromatic heterocycles. The van der Waals surface area contributed by atoms with Crippen molar-refractivity contribution < 1.29 is 5.11 Å². The Balaban J connectivity index is 1.83. The van der Waals surface area contributed by atoms with E-state index in [1.165, 1.54) is 12.0 Å². The van der Waals surface area contributed by atoms with Crippen LogP contribution in [0.1, 0.15) is 19.8 Å². The molecule has 2 aliphatic carbocycles. The van der Waals surface area contributed by atoms with E-state index in [2.05, 4.69) is 24.6 Å². The van der Waals surface area contributed by atoms with Gasteiger partial charge < -0.3 is 5.11 Å². The third-order valence-electron chi connectivity index (χ3n) is 3.68. The Morgan fingerprint density at radius 1 is 1.67 bits per heavy atom. The minimum atomic E-state index is -0.389. The summed E-state index contributed by atoms with van der Waals surface area (Å²) in [5.41, 5.74) is 1.26. The van der Waals surface area contributed by atoms with E-state index >= 15 is 0 Å². The van der Waals surface area contributed by atoms with Crippen molar-refractivity contribution in [2.24, 2.45) is 17.8 Å². The molecule has 3 heteroatoms. The first-order chi connectivity index (χ1) is 7.24. The van der Waals surface area contributed by atoms with Crippen molar-refractivity contribution in [1.82, 2.24) is 5.32 Å². The normalized spacial score (nSPS) is 35.7. The summed E-state index contributed by atoms with van der Waals surface area (Å²) < 4.78 is 0. The van der Waals surface area contributed by atoms with Crippen LogP contribution < -0.4 is 5.32 Å². The molecule has 0 saturated heterocycles. The van der Waals surface area contributed by atoms with Crippen LogP contribution in [0.5, 0.6) is 0 Å². The first kappa shape index (κ1) is 11.5. The summed E-state index contributed by atoms with van der Waals surface area (Å²) in [5.74, 6) is 3.44. The van der Waals surface area contributed by atoms with Gasteiger partial charge in [-0.25, -0.2) is 0 Å². The van der Waals surface area contributed by atoms with Crippen molar-refractivity contribution in [2.45, 2.75) is 26.0 Å². The SMILES string of the molecule is CSCCNC(O)C1=CC[C@H](C)C2C[C@H]12. The molecule has 0 spiro atoms. The summed E-state index contributed by atoms with van der Waals surface area (Å²) in [6.45, 7) is 3.22. The van der Waals surface area contributed by atoms with Crippen molar-refractivity contribution in [3.8, 4) is 0 Å². The number of hydrogen-bond acceptors (Lipinski definition) is 3. The fraction of sp³-hybridized carbons (Fsp3) is 0.833. The van der Waals surface area contributed by atoms with E-state index < -0.39 is 0 Å². The highest BCUT2D eigenvalue weighted by Gasteiger charge is 2.46. The average molecular weight is 227 g/mol. The average Bonchev–Trinajstić information content (AvgIpc) is 2.99. The molecule has 1 saturated carbocycles. The van der Waals surface area contributed by atoms with Crippen LogP contribution >= 0.6 is 11.8 Å². The van der Waals surface area contributed by atoms with E-state index in [9.17, 15) is 5.11 Å². The lowest BCUT2D eigenvalue weighted by atomic mass is 9.90. The van der Waals surface area contributed by atoms with Gasteiger partial charge in [-0.3, -0.25) is 5.32 Å². The van der Waals surface area contributed by atoms with Gasteiger partial charge in [0.2, 0.25) is 0 Å². The highest BCUT2D eigenvalue weighted by Crippen LogP contribution is 2.53. The molecule has 2 nitrogen and oxygen atoms in total. The van der Waals surface area contributed by atoms with Gasteiger partial charge in [0.25, 0.3) is 0 Å². The molecule has 0 radical (unpaired) electrons. The summed E-state index contributed by atoms with van der Waals surface area (Å²) in [6.07, 6.45) is 6.41. The lowest BCUT2D eigenvalue weighted by molar-refractivity contribution is 0.165. The fourth-order valence-electron chi connectivity index (χ4n) is 2.60. The molecule has 2 unspecified atom stereocenters. The molecule has 2 rings (SSSR count). The summed E-state index contributed by atoms with van der Waals surface area (Å²) >= 11 is 1.81. The van der Waals surface area contributed by atoms with Gasteiger partial charge >= 0.3 is 0 Å². The zero-order valence-corrected chi connectivity index (χ0v) is 10.4. The fourth-order valence-corrected chi connectivity index (χ4v) is 2.93. The number of aliphatic hydroxyl groups excluding tert-OH is 1. The molecule has 2 N–H and O–H groups in total. The summed E-state index contributed by atoms with van der Waals surface area (Å²) in [6, 6.07) is 0. The van der Waals surface area contributed by atoms with Gasteiger partial charge in [0.1, 0.15) is 6.23 Å². The molecule has 4 atom stereocenters. The number of aliphatic hydroxyl groups is 1. The third-order valence-corrected chi connectivity index (χ3v) is 4.30. The molecule has 86 valence electrons. The predicted molar refractivity (Wildman–Crippen MR) is 65.9 cm³/mol. The molecule has 15 heavy (non-hydrogen) atoms. The molecule has 0 aromatic carbocycles. The Kier molecular flexibility index (Phi) is 3.75. The van der Waals surface area contributed by atoms with Crippen molar-refractivity contribution >= 4 is 11.8 Å². The van der Waals surface area contributed by atoms with Gasteiger partial charge in [0.15, 0.2) is 0 Å². The minimum absolute atomic E-state index is 0.389. The van der Waals surface area contributed by atoms with Crippen LogP contribution in [0.3, 0.4) is 0 Å². The van der Waals surface area contributed by atoms with Crippen molar-refractivity contribution in [3.63, 3.8) is 0 Å². The molecule has 0 amide bonds. The zero-order chi connectivity index (χ0) is 10.8. The lowest BCUT2D eigenvalue weighted by Crippen LogP contribution is -2.34. The number of nitrogens with one attached hydrogen (secondary N) is 1. The van der Waals surface area contributed by atoms with Gasteiger partial charge in [0, 0.05) is 12.3 Å². The van der Waals surface area contributed by atoms with E-state index in [0.717, 1.165) is 30.6 Å². The van der Waals surface area contributed by atoms with E-state index in [1.54, 1.807) is 0 Å². The monoisotopic (exact) mass is 227 g/mol. The second-order valence-corrected chi connectivity index (χ2v) is 5.76. The first-order valence-corrected chi connectivity index (χ1v) is 7.23. The van der Waals surface area contributed by atoms with Crippen LogP contribution in [0, 0.1) is 17.8 Å². The van der Waals surface area contributed by atoms with Gasteiger partial charge in [0.05, 0.1) is 0 Å².